The highest BCUT2D eigenvalue weighted by molar-refractivity contribution is 6.33. The van der Waals surface area contributed by atoms with Crippen LogP contribution in [0.2, 0.25) is 5.02 Å². The standard InChI is InChI=1S/C16H18ClN3O3/c17-13-7-10(1-4-14(21)22)8-18-15(13)19-12-5-6-20(9-12)16(23)11-2-3-11/h1,4,7-8,11-12H,2-3,5-6,9H2,(H,18,19)(H,21,22)/t12-/m1/s1. The number of hydrogen-bond donors (Lipinski definition) is 2. The summed E-state index contributed by atoms with van der Waals surface area (Å²) >= 11 is 6.20. The molecule has 7 heteroatoms. The molecule has 2 heterocycles. The van der Waals surface area contributed by atoms with E-state index in [-0.39, 0.29) is 17.9 Å². The van der Waals surface area contributed by atoms with Gasteiger partial charge in [0.25, 0.3) is 0 Å². The van der Waals surface area contributed by atoms with Crippen molar-refractivity contribution < 1.29 is 14.7 Å². The van der Waals surface area contributed by atoms with E-state index < -0.39 is 5.97 Å². The summed E-state index contributed by atoms with van der Waals surface area (Å²) < 4.78 is 0. The van der Waals surface area contributed by atoms with E-state index in [4.69, 9.17) is 16.7 Å². The van der Waals surface area contributed by atoms with Crippen LogP contribution in [0.5, 0.6) is 0 Å². The van der Waals surface area contributed by atoms with E-state index in [9.17, 15) is 9.59 Å². The minimum absolute atomic E-state index is 0.142. The number of anilines is 1. The lowest BCUT2D eigenvalue weighted by Gasteiger charge is -2.17. The predicted molar refractivity (Wildman–Crippen MR) is 87.2 cm³/mol. The Morgan fingerprint density at radius 1 is 1.39 bits per heavy atom. The molecule has 0 unspecified atom stereocenters. The molecule has 1 aliphatic carbocycles. The van der Waals surface area contributed by atoms with Gasteiger partial charge in [0.15, 0.2) is 0 Å². The third-order valence-electron chi connectivity index (χ3n) is 4.05. The minimum atomic E-state index is -1.02. The minimum Gasteiger partial charge on any atom is -0.478 e. The maximum atomic E-state index is 12.0. The molecule has 1 amide bonds. The lowest BCUT2D eigenvalue weighted by Crippen LogP contribution is -2.32. The topological polar surface area (TPSA) is 82.5 Å². The van der Waals surface area contributed by atoms with Crippen molar-refractivity contribution in [2.75, 3.05) is 18.4 Å². The van der Waals surface area contributed by atoms with Gasteiger partial charge in [0, 0.05) is 37.3 Å². The summed E-state index contributed by atoms with van der Waals surface area (Å²) in [7, 11) is 0. The van der Waals surface area contributed by atoms with Gasteiger partial charge in [0.05, 0.1) is 5.02 Å². The average Bonchev–Trinajstić information content (AvgIpc) is 3.26. The van der Waals surface area contributed by atoms with E-state index in [1.807, 2.05) is 4.90 Å². The molecule has 0 spiro atoms. The highest BCUT2D eigenvalue weighted by atomic mass is 35.5. The first-order valence-corrected chi connectivity index (χ1v) is 8.02. The van der Waals surface area contributed by atoms with E-state index in [1.54, 1.807) is 12.3 Å². The number of nitrogens with zero attached hydrogens (tertiary/aromatic N) is 2. The highest BCUT2D eigenvalue weighted by Crippen LogP contribution is 2.32. The SMILES string of the molecule is O=C(O)C=Cc1cnc(N[C@@H]2CCN(C(=O)C3CC3)C2)c(Cl)c1. The van der Waals surface area contributed by atoms with Gasteiger partial charge >= 0.3 is 5.97 Å². The number of halogens is 1. The van der Waals surface area contributed by atoms with Gasteiger partial charge < -0.3 is 15.3 Å². The fourth-order valence-electron chi connectivity index (χ4n) is 2.68. The summed E-state index contributed by atoms with van der Waals surface area (Å²) in [6.45, 7) is 1.44. The first-order chi connectivity index (χ1) is 11.0. The summed E-state index contributed by atoms with van der Waals surface area (Å²) in [5, 5.41) is 12.3. The number of amides is 1. The smallest absolute Gasteiger partial charge is 0.328 e. The molecule has 1 atom stereocenters. The van der Waals surface area contributed by atoms with Crippen LogP contribution in [0.25, 0.3) is 6.08 Å². The van der Waals surface area contributed by atoms with Crippen LogP contribution in [0.3, 0.4) is 0 Å². The predicted octanol–water partition coefficient (Wildman–Crippen LogP) is 2.26. The molecule has 122 valence electrons. The van der Waals surface area contributed by atoms with E-state index in [2.05, 4.69) is 10.3 Å². The number of pyridine rings is 1. The number of hydrogen-bond acceptors (Lipinski definition) is 4. The number of likely N-dealkylation sites (tertiary alicyclic amines) is 1. The lowest BCUT2D eigenvalue weighted by atomic mass is 10.2. The number of aliphatic carboxylic acids is 1. The van der Waals surface area contributed by atoms with E-state index in [0.29, 0.717) is 22.9 Å². The Bertz CT molecular complexity index is 658. The van der Waals surface area contributed by atoms with Gasteiger partial charge in [-0.3, -0.25) is 4.79 Å². The maximum absolute atomic E-state index is 12.0. The highest BCUT2D eigenvalue weighted by Gasteiger charge is 2.36. The first-order valence-electron chi connectivity index (χ1n) is 7.65. The van der Waals surface area contributed by atoms with Crippen molar-refractivity contribution in [1.29, 1.82) is 0 Å². The molecule has 1 aromatic heterocycles. The summed E-state index contributed by atoms with van der Waals surface area (Å²) in [5.74, 6) is 0.0536. The molecule has 0 radical (unpaired) electrons. The molecular weight excluding hydrogens is 318 g/mol. The van der Waals surface area contributed by atoms with Gasteiger partial charge in [-0.05, 0) is 37.0 Å². The van der Waals surface area contributed by atoms with Crippen LogP contribution in [-0.4, -0.2) is 46.0 Å². The first kappa shape index (κ1) is 15.8. The lowest BCUT2D eigenvalue weighted by molar-refractivity contribution is -0.132. The summed E-state index contributed by atoms with van der Waals surface area (Å²) in [5.41, 5.74) is 0.625. The van der Waals surface area contributed by atoms with Crippen LogP contribution in [0, 0.1) is 5.92 Å². The second-order valence-corrected chi connectivity index (χ2v) is 6.37. The Morgan fingerprint density at radius 3 is 2.83 bits per heavy atom. The van der Waals surface area contributed by atoms with Gasteiger partial charge in [-0.25, -0.2) is 9.78 Å². The fourth-order valence-corrected chi connectivity index (χ4v) is 2.91. The van der Waals surface area contributed by atoms with Crippen molar-refractivity contribution in [3.63, 3.8) is 0 Å². The number of carboxylic acids is 1. The van der Waals surface area contributed by atoms with Crippen molar-refractivity contribution in [3.8, 4) is 0 Å². The van der Waals surface area contributed by atoms with Gasteiger partial charge in [0.1, 0.15) is 5.82 Å². The Balaban J connectivity index is 1.60. The van der Waals surface area contributed by atoms with E-state index in [1.165, 1.54) is 6.08 Å². The molecule has 1 aliphatic heterocycles. The Labute approximate surface area is 139 Å². The molecule has 1 saturated carbocycles. The van der Waals surface area contributed by atoms with Crippen molar-refractivity contribution in [3.05, 3.63) is 28.9 Å². The molecule has 1 saturated heterocycles. The number of rotatable bonds is 5. The quantitative estimate of drug-likeness (QED) is 0.806. The van der Waals surface area contributed by atoms with Crippen LogP contribution in [-0.2, 0) is 9.59 Å². The van der Waals surface area contributed by atoms with Crippen LogP contribution in [0.4, 0.5) is 5.82 Å². The van der Waals surface area contributed by atoms with Crippen molar-refractivity contribution in [1.82, 2.24) is 9.88 Å². The summed E-state index contributed by atoms with van der Waals surface area (Å²) in [4.78, 5) is 28.7. The summed E-state index contributed by atoms with van der Waals surface area (Å²) in [6, 6.07) is 1.81. The maximum Gasteiger partial charge on any atom is 0.328 e. The molecule has 3 rings (SSSR count). The van der Waals surface area contributed by atoms with Crippen LogP contribution in [0.15, 0.2) is 18.3 Å². The average molecular weight is 336 g/mol. The van der Waals surface area contributed by atoms with Crippen LogP contribution >= 0.6 is 11.6 Å². The monoisotopic (exact) mass is 335 g/mol. The second-order valence-electron chi connectivity index (χ2n) is 5.96. The molecule has 0 aromatic carbocycles. The number of nitrogens with one attached hydrogen (secondary N) is 1. The normalized spacial score (nSPS) is 20.9. The van der Waals surface area contributed by atoms with E-state index >= 15 is 0 Å². The molecule has 23 heavy (non-hydrogen) atoms. The Hall–Kier alpha value is -2.08. The fraction of sp³-hybridized carbons (Fsp3) is 0.438. The zero-order chi connectivity index (χ0) is 16.4. The second kappa shape index (κ2) is 6.58. The Morgan fingerprint density at radius 2 is 2.17 bits per heavy atom. The van der Waals surface area contributed by atoms with Crippen molar-refractivity contribution in [2.24, 2.45) is 5.92 Å². The molecule has 6 nitrogen and oxygen atoms in total. The molecule has 2 aliphatic rings. The number of carboxylic acid groups (broad SMARTS) is 1. The van der Waals surface area contributed by atoms with Gasteiger partial charge in [-0.1, -0.05) is 11.6 Å². The number of aromatic nitrogens is 1. The van der Waals surface area contributed by atoms with Crippen molar-refractivity contribution >= 4 is 35.4 Å². The third kappa shape index (κ3) is 4.01. The zero-order valence-corrected chi connectivity index (χ0v) is 13.3. The largest absolute Gasteiger partial charge is 0.478 e. The molecule has 2 fully saturated rings. The van der Waals surface area contributed by atoms with Gasteiger partial charge in [-0.15, -0.1) is 0 Å². The van der Waals surface area contributed by atoms with Crippen molar-refractivity contribution in [2.45, 2.75) is 25.3 Å². The number of carbonyl (C=O) groups is 2. The van der Waals surface area contributed by atoms with Gasteiger partial charge in [0.2, 0.25) is 5.91 Å². The Kier molecular flexibility index (Phi) is 4.52. The molecule has 0 bridgehead atoms. The van der Waals surface area contributed by atoms with Crippen LogP contribution < -0.4 is 5.32 Å². The molecular formula is C16H18ClN3O3. The van der Waals surface area contributed by atoms with E-state index in [0.717, 1.165) is 31.9 Å². The number of carbonyl (C=O) groups excluding carboxylic acids is 1. The molecule has 2 N–H and O–H groups in total. The molecule has 1 aromatic rings. The zero-order valence-electron chi connectivity index (χ0n) is 12.5. The van der Waals surface area contributed by atoms with Crippen LogP contribution in [0.1, 0.15) is 24.8 Å². The third-order valence-corrected chi connectivity index (χ3v) is 4.34. The summed E-state index contributed by atoms with van der Waals surface area (Å²) in [6.07, 6.45) is 6.96. The van der Waals surface area contributed by atoms with Gasteiger partial charge in [-0.2, -0.15) is 0 Å².